The van der Waals surface area contributed by atoms with Gasteiger partial charge in [0.2, 0.25) is 5.96 Å². The Bertz CT molecular complexity index is 1300. The Kier molecular flexibility index (Phi) is 6.80. The summed E-state index contributed by atoms with van der Waals surface area (Å²) >= 11 is 12.1. The Hall–Kier alpha value is -3.50. The number of pyridine rings is 1. The first-order valence-corrected chi connectivity index (χ1v) is 10.5. The number of amides is 1. The van der Waals surface area contributed by atoms with E-state index in [0.717, 1.165) is 6.07 Å². The number of aromatic nitrogens is 1. The molecule has 1 radical (unpaired) electrons. The van der Waals surface area contributed by atoms with Crippen LogP contribution in [-0.2, 0) is 6.54 Å². The Morgan fingerprint density at radius 3 is 2.71 bits per heavy atom. The van der Waals surface area contributed by atoms with Crippen molar-refractivity contribution in [1.29, 1.82) is 0 Å². The van der Waals surface area contributed by atoms with Crippen molar-refractivity contribution in [2.45, 2.75) is 13.0 Å². The highest BCUT2D eigenvalue weighted by Crippen LogP contribution is 2.39. The maximum absolute atomic E-state index is 14.8. The van der Waals surface area contributed by atoms with Crippen molar-refractivity contribution < 1.29 is 22.7 Å². The number of guanidine groups is 1. The lowest BCUT2D eigenvalue weighted by Crippen LogP contribution is -2.28. The SMILES string of the molecule is NC(=O)c1cccc2c1N=C(NCc1ncc(-c3cc(Cl)cc(Cl)c3OCC(F)F)cc1F)[N]2. The highest BCUT2D eigenvalue weighted by atomic mass is 35.5. The number of ether oxygens (including phenoxy) is 1. The zero-order chi connectivity index (χ0) is 24.4. The average molecular weight is 509 g/mol. The molecular weight excluding hydrogens is 494 g/mol. The van der Waals surface area contributed by atoms with Crippen LogP contribution >= 0.6 is 23.2 Å². The van der Waals surface area contributed by atoms with Crippen molar-refractivity contribution in [1.82, 2.24) is 15.6 Å². The van der Waals surface area contributed by atoms with Gasteiger partial charge in [-0.1, -0.05) is 29.3 Å². The minimum Gasteiger partial charge on any atom is -0.485 e. The normalized spacial score (nSPS) is 12.2. The van der Waals surface area contributed by atoms with Gasteiger partial charge in [0.05, 0.1) is 28.5 Å². The topological polar surface area (TPSA) is 104 Å². The van der Waals surface area contributed by atoms with Crippen LogP contribution in [0.4, 0.5) is 24.5 Å². The third-order valence-corrected chi connectivity index (χ3v) is 5.23. The first kappa shape index (κ1) is 23.7. The second-order valence-electron chi connectivity index (χ2n) is 7.06. The predicted molar refractivity (Wildman–Crippen MR) is 122 cm³/mol. The Morgan fingerprint density at radius 2 is 2.00 bits per heavy atom. The maximum Gasteiger partial charge on any atom is 0.272 e. The summed E-state index contributed by atoms with van der Waals surface area (Å²) in [6, 6.07) is 8.74. The second-order valence-corrected chi connectivity index (χ2v) is 7.90. The number of nitrogens with two attached hydrogens (primary N) is 1. The van der Waals surface area contributed by atoms with Gasteiger partial charge in [-0.25, -0.2) is 23.5 Å². The smallest absolute Gasteiger partial charge is 0.272 e. The second kappa shape index (κ2) is 9.78. The van der Waals surface area contributed by atoms with Crippen LogP contribution in [-0.4, -0.2) is 29.9 Å². The molecule has 0 atom stereocenters. The fraction of sp³-hybridized carbons (Fsp3) is 0.136. The molecule has 2 heterocycles. The number of nitrogens with one attached hydrogen (secondary N) is 1. The lowest BCUT2D eigenvalue weighted by Gasteiger charge is -2.14. The monoisotopic (exact) mass is 508 g/mol. The van der Waals surface area contributed by atoms with Gasteiger partial charge < -0.3 is 15.8 Å². The quantitative estimate of drug-likeness (QED) is 0.470. The fourth-order valence-corrected chi connectivity index (χ4v) is 3.78. The molecule has 0 aliphatic carbocycles. The summed E-state index contributed by atoms with van der Waals surface area (Å²) in [7, 11) is 0. The van der Waals surface area contributed by atoms with Crippen molar-refractivity contribution in [3.8, 4) is 16.9 Å². The number of primary amides is 1. The summed E-state index contributed by atoms with van der Waals surface area (Å²) in [5, 5.41) is 7.31. The number of hydrogen-bond donors (Lipinski definition) is 2. The molecule has 0 unspecified atom stereocenters. The number of aliphatic imine (C=N–C) groups is 1. The van der Waals surface area contributed by atoms with E-state index in [-0.39, 0.29) is 50.7 Å². The van der Waals surface area contributed by atoms with E-state index in [4.69, 9.17) is 33.7 Å². The summed E-state index contributed by atoms with van der Waals surface area (Å²) in [6.07, 6.45) is -1.39. The minimum absolute atomic E-state index is 0.00468. The minimum atomic E-state index is -2.72. The molecule has 0 bridgehead atoms. The lowest BCUT2D eigenvalue weighted by molar-refractivity contribution is 0.0822. The zero-order valence-electron chi connectivity index (χ0n) is 17.2. The van der Waals surface area contributed by atoms with Gasteiger partial charge in [0, 0.05) is 22.3 Å². The van der Waals surface area contributed by atoms with E-state index in [1.807, 2.05) is 0 Å². The fourth-order valence-electron chi connectivity index (χ4n) is 3.24. The van der Waals surface area contributed by atoms with E-state index in [0.29, 0.717) is 11.4 Å². The van der Waals surface area contributed by atoms with Crippen molar-refractivity contribution >= 4 is 46.4 Å². The lowest BCUT2D eigenvalue weighted by atomic mass is 10.1. The van der Waals surface area contributed by atoms with Gasteiger partial charge >= 0.3 is 0 Å². The van der Waals surface area contributed by atoms with E-state index in [2.05, 4.69) is 20.6 Å². The number of hydrogen-bond acceptors (Lipinski definition) is 5. The van der Waals surface area contributed by atoms with Crippen LogP contribution in [0.15, 0.2) is 47.6 Å². The molecule has 12 heteroatoms. The molecule has 0 saturated heterocycles. The van der Waals surface area contributed by atoms with Crippen LogP contribution in [0.1, 0.15) is 16.1 Å². The molecule has 0 fully saturated rings. The number of rotatable bonds is 7. The number of para-hydroxylation sites is 1. The van der Waals surface area contributed by atoms with Gasteiger partial charge in [0.15, 0.2) is 0 Å². The molecule has 4 rings (SSSR count). The highest BCUT2D eigenvalue weighted by molar-refractivity contribution is 6.36. The third-order valence-electron chi connectivity index (χ3n) is 4.73. The number of carbonyl (C=O) groups excluding carboxylic acids is 1. The van der Waals surface area contributed by atoms with Crippen LogP contribution in [0, 0.1) is 5.82 Å². The van der Waals surface area contributed by atoms with E-state index < -0.39 is 24.8 Å². The van der Waals surface area contributed by atoms with Gasteiger partial charge in [0.1, 0.15) is 23.9 Å². The Balaban J connectivity index is 1.53. The van der Waals surface area contributed by atoms with Gasteiger partial charge in [-0.2, -0.15) is 0 Å². The molecule has 3 N–H and O–H groups in total. The van der Waals surface area contributed by atoms with E-state index in [1.165, 1.54) is 24.4 Å². The van der Waals surface area contributed by atoms with Crippen LogP contribution in [0.3, 0.4) is 0 Å². The van der Waals surface area contributed by atoms with E-state index in [9.17, 15) is 18.0 Å². The number of benzene rings is 2. The van der Waals surface area contributed by atoms with Gasteiger partial charge in [0.25, 0.3) is 12.3 Å². The van der Waals surface area contributed by atoms with E-state index >= 15 is 0 Å². The number of fused-ring (bicyclic) bond motifs is 1. The molecule has 34 heavy (non-hydrogen) atoms. The predicted octanol–water partition coefficient (Wildman–Crippen LogP) is 4.96. The number of alkyl halides is 2. The largest absolute Gasteiger partial charge is 0.485 e. The number of halogens is 5. The highest BCUT2D eigenvalue weighted by Gasteiger charge is 2.22. The molecule has 1 aromatic heterocycles. The van der Waals surface area contributed by atoms with Crippen LogP contribution in [0.2, 0.25) is 10.0 Å². The van der Waals surface area contributed by atoms with Crippen LogP contribution in [0.25, 0.3) is 11.1 Å². The standard InChI is InChI=1S/C22H15Cl2F3N5O2/c23-11-5-13(20(14(24)6-11)34-9-18(26)27)10-4-15(25)17(29-7-10)8-30-22-31-16-3-1-2-12(21(28)33)19(16)32-22/h1-7,18H,8-9H2,(H2,28,33)(H,30,32). The molecule has 0 saturated carbocycles. The molecule has 2 aromatic carbocycles. The maximum atomic E-state index is 14.8. The molecule has 1 amide bonds. The molecule has 1 aliphatic rings. The summed E-state index contributed by atoms with van der Waals surface area (Å²) in [4.78, 5) is 19.9. The summed E-state index contributed by atoms with van der Waals surface area (Å²) in [6.45, 7) is -0.961. The van der Waals surface area contributed by atoms with Crippen LogP contribution in [0.5, 0.6) is 5.75 Å². The zero-order valence-corrected chi connectivity index (χ0v) is 18.7. The molecular formula is C22H15Cl2F3N5O2. The van der Waals surface area contributed by atoms with Crippen molar-refractivity contribution in [2.24, 2.45) is 10.7 Å². The van der Waals surface area contributed by atoms with Crippen molar-refractivity contribution in [3.63, 3.8) is 0 Å². The first-order chi connectivity index (χ1) is 16.2. The summed E-state index contributed by atoms with van der Waals surface area (Å²) in [5.74, 6) is -1.22. The number of nitrogens with zero attached hydrogens (tertiary/aromatic N) is 3. The molecule has 7 nitrogen and oxygen atoms in total. The van der Waals surface area contributed by atoms with Gasteiger partial charge in [-0.05, 0) is 30.3 Å². The first-order valence-electron chi connectivity index (χ1n) is 9.75. The average Bonchev–Trinajstić information content (AvgIpc) is 3.20. The Morgan fingerprint density at radius 1 is 1.21 bits per heavy atom. The third kappa shape index (κ3) is 5.02. The van der Waals surface area contributed by atoms with Crippen LogP contribution < -0.4 is 21.1 Å². The Labute approximate surface area is 201 Å². The van der Waals surface area contributed by atoms with Crippen molar-refractivity contribution in [2.75, 3.05) is 6.61 Å². The van der Waals surface area contributed by atoms with Crippen molar-refractivity contribution in [3.05, 3.63) is 69.7 Å². The summed E-state index contributed by atoms with van der Waals surface area (Å²) < 4.78 is 45.2. The molecule has 3 aromatic rings. The molecule has 175 valence electrons. The molecule has 1 aliphatic heterocycles. The molecule has 0 spiro atoms. The number of carbonyl (C=O) groups is 1. The van der Waals surface area contributed by atoms with E-state index in [1.54, 1.807) is 12.1 Å². The van der Waals surface area contributed by atoms with Gasteiger partial charge in [-0.3, -0.25) is 9.78 Å². The summed E-state index contributed by atoms with van der Waals surface area (Å²) in [5.41, 5.74) is 6.84. The van der Waals surface area contributed by atoms with Gasteiger partial charge in [-0.15, -0.1) is 0 Å².